The Morgan fingerprint density at radius 3 is 0.857 bits per heavy atom. The third-order valence-electron chi connectivity index (χ3n) is 9.71. The van der Waals surface area contributed by atoms with E-state index in [0.717, 1.165) is 63.2 Å². The first-order chi connectivity index (χ1) is 20.5. The summed E-state index contributed by atoms with van der Waals surface area (Å²) >= 11 is 0. The van der Waals surface area contributed by atoms with Gasteiger partial charge in [-0.05, 0) is 49.4 Å². The van der Waals surface area contributed by atoms with E-state index in [1.54, 1.807) is 0 Å². The summed E-state index contributed by atoms with van der Waals surface area (Å²) in [7, 11) is 0. The van der Waals surface area contributed by atoms with E-state index in [4.69, 9.17) is 9.47 Å². The van der Waals surface area contributed by atoms with E-state index in [0.29, 0.717) is 0 Å². The van der Waals surface area contributed by atoms with Crippen molar-refractivity contribution in [2.45, 2.75) is 158 Å². The van der Waals surface area contributed by atoms with Gasteiger partial charge in [0, 0.05) is 39.3 Å². The second-order valence-electron chi connectivity index (χ2n) is 13.4. The Kier molecular flexibility index (Phi) is 30.7. The van der Waals surface area contributed by atoms with Gasteiger partial charge in [-0.15, -0.1) is 0 Å². The normalized spacial score (nSPS) is 15.0. The zero-order chi connectivity index (χ0) is 31.3. The maximum absolute atomic E-state index is 6.14. The predicted molar refractivity (Wildman–Crippen MR) is 188 cm³/mol. The van der Waals surface area contributed by atoms with Crippen LogP contribution in [0.1, 0.15) is 158 Å². The molecule has 0 aliphatic rings. The van der Waals surface area contributed by atoms with Crippen LogP contribution in [0, 0.1) is 23.7 Å². The summed E-state index contributed by atoms with van der Waals surface area (Å²) in [6.45, 7) is 29.0. The van der Waals surface area contributed by atoms with Crippen molar-refractivity contribution in [3.8, 4) is 0 Å². The Hall–Kier alpha value is -0.160. The van der Waals surface area contributed by atoms with Crippen LogP contribution in [-0.2, 0) is 9.47 Å². The second-order valence-corrected chi connectivity index (χ2v) is 13.4. The number of nitrogens with zero attached hydrogens (tertiary/aromatic N) is 2. The molecule has 0 amide bonds. The molecule has 42 heavy (non-hydrogen) atoms. The zero-order valence-electron chi connectivity index (χ0n) is 30.4. The molecule has 0 aliphatic carbocycles. The van der Waals surface area contributed by atoms with E-state index in [1.165, 1.54) is 129 Å². The van der Waals surface area contributed by atoms with Crippen molar-refractivity contribution >= 4 is 0 Å². The van der Waals surface area contributed by atoms with Crippen molar-refractivity contribution < 1.29 is 9.47 Å². The third kappa shape index (κ3) is 23.3. The highest BCUT2D eigenvalue weighted by molar-refractivity contribution is 4.71. The smallest absolute Gasteiger partial charge is 0.0701 e. The monoisotopic (exact) mass is 597 g/mol. The van der Waals surface area contributed by atoms with Crippen LogP contribution in [0.25, 0.3) is 0 Å². The van der Waals surface area contributed by atoms with Gasteiger partial charge in [0.15, 0.2) is 0 Å². The van der Waals surface area contributed by atoms with E-state index in [2.05, 4.69) is 65.2 Å². The Labute approximate surface area is 266 Å². The van der Waals surface area contributed by atoms with Crippen molar-refractivity contribution in [3.63, 3.8) is 0 Å². The lowest BCUT2D eigenvalue weighted by atomic mass is 9.96. The van der Waals surface area contributed by atoms with Gasteiger partial charge in [-0.25, -0.2) is 0 Å². The molecule has 4 atom stereocenters. The fraction of sp³-hybridized carbons (Fsp3) is 1.00. The number of hydrogen-bond acceptors (Lipinski definition) is 4. The number of rotatable bonds is 33. The van der Waals surface area contributed by atoms with Crippen molar-refractivity contribution in [1.82, 2.24) is 9.80 Å². The molecule has 4 nitrogen and oxygen atoms in total. The average Bonchev–Trinajstić information content (AvgIpc) is 3.01. The maximum atomic E-state index is 6.14. The molecule has 0 aromatic heterocycles. The lowest BCUT2D eigenvalue weighted by Crippen LogP contribution is -2.37. The summed E-state index contributed by atoms with van der Waals surface area (Å²) in [6, 6.07) is 0. The maximum Gasteiger partial charge on any atom is 0.0701 e. The lowest BCUT2D eigenvalue weighted by Gasteiger charge is -2.31. The van der Waals surface area contributed by atoms with E-state index in [9.17, 15) is 0 Å². The molecule has 0 spiro atoms. The molecule has 0 radical (unpaired) electrons. The molecule has 0 fully saturated rings. The van der Waals surface area contributed by atoms with Gasteiger partial charge in [0.2, 0.25) is 0 Å². The lowest BCUT2D eigenvalue weighted by molar-refractivity contribution is 0.0247. The molecular formula is C38H80N2O2. The van der Waals surface area contributed by atoms with Crippen LogP contribution in [-0.4, -0.2) is 75.5 Å². The minimum atomic E-state index is 0.718. The first-order valence-electron chi connectivity index (χ1n) is 19.1. The highest BCUT2D eigenvalue weighted by atomic mass is 16.5. The van der Waals surface area contributed by atoms with E-state index < -0.39 is 0 Å². The minimum absolute atomic E-state index is 0.718. The fourth-order valence-corrected chi connectivity index (χ4v) is 6.35. The third-order valence-corrected chi connectivity index (χ3v) is 9.71. The first-order valence-corrected chi connectivity index (χ1v) is 19.1. The van der Waals surface area contributed by atoms with E-state index >= 15 is 0 Å². The molecule has 0 aromatic rings. The van der Waals surface area contributed by atoms with E-state index in [-0.39, 0.29) is 0 Å². The molecule has 0 N–H and O–H groups in total. The number of ether oxygens (including phenoxy) is 2. The SMILES string of the molecule is CCCCC(CC)CN(CCOCCOCCN(CC(CC)CCCC)CC(CC)CCCC)CC(CC)CCCC. The van der Waals surface area contributed by atoms with Crippen molar-refractivity contribution in [1.29, 1.82) is 0 Å². The molecule has 4 unspecified atom stereocenters. The van der Waals surface area contributed by atoms with Crippen LogP contribution in [0.15, 0.2) is 0 Å². The Bertz CT molecular complexity index is 449. The van der Waals surface area contributed by atoms with Crippen LogP contribution >= 0.6 is 0 Å². The molecular weight excluding hydrogens is 516 g/mol. The standard InChI is InChI=1S/C38H80N2O2/c1-9-17-21-35(13-5)31-39(32-36(14-6)22-18-10-2)25-27-41-29-30-42-28-26-40(33-37(15-7)23-19-11-3)34-38(16-8)24-20-12-4/h35-38H,9-34H2,1-8H3. The summed E-state index contributed by atoms with van der Waals surface area (Å²) in [4.78, 5) is 5.47. The molecule has 254 valence electrons. The van der Waals surface area contributed by atoms with Gasteiger partial charge in [-0.1, -0.05) is 132 Å². The zero-order valence-corrected chi connectivity index (χ0v) is 30.4. The fourth-order valence-electron chi connectivity index (χ4n) is 6.35. The van der Waals surface area contributed by atoms with Crippen molar-refractivity contribution in [2.24, 2.45) is 23.7 Å². The molecule has 0 aliphatic heterocycles. The van der Waals surface area contributed by atoms with Crippen LogP contribution in [0.2, 0.25) is 0 Å². The molecule has 0 saturated carbocycles. The molecule has 0 saturated heterocycles. The van der Waals surface area contributed by atoms with Crippen molar-refractivity contribution in [3.05, 3.63) is 0 Å². The van der Waals surface area contributed by atoms with Crippen molar-refractivity contribution in [2.75, 3.05) is 65.7 Å². The molecule has 0 aromatic carbocycles. The first kappa shape index (κ1) is 41.8. The summed E-state index contributed by atoms with van der Waals surface area (Å²) in [6.07, 6.45) is 21.3. The van der Waals surface area contributed by atoms with Gasteiger partial charge in [-0.3, -0.25) is 0 Å². The van der Waals surface area contributed by atoms with Crippen LogP contribution < -0.4 is 0 Å². The van der Waals surface area contributed by atoms with Crippen LogP contribution in [0.3, 0.4) is 0 Å². The summed E-state index contributed by atoms with van der Waals surface area (Å²) in [5.74, 6) is 3.29. The topological polar surface area (TPSA) is 24.9 Å². The largest absolute Gasteiger partial charge is 0.378 e. The van der Waals surface area contributed by atoms with Gasteiger partial charge in [0.05, 0.1) is 26.4 Å². The average molecular weight is 597 g/mol. The highest BCUT2D eigenvalue weighted by Gasteiger charge is 2.18. The van der Waals surface area contributed by atoms with Gasteiger partial charge in [0.1, 0.15) is 0 Å². The van der Waals surface area contributed by atoms with Gasteiger partial charge in [-0.2, -0.15) is 0 Å². The molecule has 0 bridgehead atoms. The minimum Gasteiger partial charge on any atom is -0.378 e. The van der Waals surface area contributed by atoms with Gasteiger partial charge < -0.3 is 19.3 Å². The number of unbranched alkanes of at least 4 members (excludes halogenated alkanes) is 4. The van der Waals surface area contributed by atoms with Gasteiger partial charge in [0.25, 0.3) is 0 Å². The van der Waals surface area contributed by atoms with Gasteiger partial charge >= 0.3 is 0 Å². The Balaban J connectivity index is 4.68. The second kappa shape index (κ2) is 30.8. The quantitative estimate of drug-likeness (QED) is 0.0704. The molecule has 4 heteroatoms. The summed E-state index contributed by atoms with van der Waals surface area (Å²) < 4.78 is 12.3. The van der Waals surface area contributed by atoms with Crippen LogP contribution in [0.5, 0.6) is 0 Å². The summed E-state index contributed by atoms with van der Waals surface area (Å²) in [5.41, 5.74) is 0. The Morgan fingerprint density at radius 2 is 0.643 bits per heavy atom. The number of hydrogen-bond donors (Lipinski definition) is 0. The molecule has 0 heterocycles. The highest BCUT2D eigenvalue weighted by Crippen LogP contribution is 2.20. The predicted octanol–water partition coefficient (Wildman–Crippen LogP) is 10.5. The molecule has 0 rings (SSSR count). The summed E-state index contributed by atoms with van der Waals surface area (Å²) in [5, 5.41) is 0. The van der Waals surface area contributed by atoms with Crippen LogP contribution in [0.4, 0.5) is 0 Å². The Morgan fingerprint density at radius 1 is 0.381 bits per heavy atom. The van der Waals surface area contributed by atoms with E-state index in [1.807, 2.05) is 0 Å².